The standard InChI is InChI=1S/C26H28ClF4N7O4.C7H12FN.2C2H6/c1-12-8-14(32)21(28)18(19(12)26(29,30)31)17-9-15-13(11-42-17)23(34-25(33-15)40-3)37-6-5-7-38-16(10-37)20(27)22(35-38)24(39)36(2)41-4;8-6-4-7-2-1-3-9(7)5-6;2*1-2/h8,17H,5-7,9-11,32H2,1-4H3;6-7H,1-5H2;2*1-2H3. The maximum Gasteiger partial charge on any atom is 0.417 e. The molecule has 2 saturated heterocycles. The van der Waals surface area contributed by atoms with E-state index in [4.69, 9.17) is 31.6 Å². The lowest BCUT2D eigenvalue weighted by molar-refractivity contribution is -0.140. The number of hydrogen-bond acceptors (Lipinski definition) is 10. The molecule has 1 amide bonds. The first-order valence-electron chi connectivity index (χ1n) is 18.6. The molecule has 0 bridgehead atoms. The second kappa shape index (κ2) is 18.9. The SMILES string of the molecule is CC.CC.COc1nc2c(c(N3CCCn4nc(C(=O)N(C)OC)c(Cl)c4C3)n1)COC(c1c(F)c(N)cc(C)c1C(F)(F)F)C2.FC1CC2CCCN2C1. The molecule has 1 aromatic carbocycles. The third-order valence-electron chi connectivity index (χ3n) is 9.83. The maximum absolute atomic E-state index is 15.2. The van der Waals surface area contributed by atoms with Gasteiger partial charge in [0.15, 0.2) is 11.5 Å². The average Bonchev–Trinajstić information content (AvgIpc) is 3.80. The first-order valence-corrected chi connectivity index (χ1v) is 19.0. The van der Waals surface area contributed by atoms with Crippen molar-refractivity contribution in [2.45, 2.75) is 111 Å². The van der Waals surface area contributed by atoms with Crippen LogP contribution in [0.15, 0.2) is 6.07 Å². The first-order chi connectivity index (χ1) is 26.2. The van der Waals surface area contributed by atoms with Crippen LogP contribution in [-0.4, -0.2) is 88.7 Å². The van der Waals surface area contributed by atoms with E-state index < -0.39 is 47.0 Å². The van der Waals surface area contributed by atoms with Gasteiger partial charge in [0, 0.05) is 50.3 Å². The summed E-state index contributed by atoms with van der Waals surface area (Å²) in [5.74, 6) is -1.27. The zero-order valence-corrected chi connectivity index (χ0v) is 33.5. The fraction of sp³-hybridized carbons (Fsp3) is 0.622. The number of nitrogens with two attached hydrogens (primary N) is 1. The molecule has 306 valence electrons. The Labute approximate surface area is 324 Å². The van der Waals surface area contributed by atoms with Crippen LogP contribution in [0.2, 0.25) is 5.02 Å². The highest BCUT2D eigenvalue weighted by molar-refractivity contribution is 6.34. The summed E-state index contributed by atoms with van der Waals surface area (Å²) in [6, 6.07) is 1.55. The van der Waals surface area contributed by atoms with Crippen molar-refractivity contribution in [1.82, 2.24) is 29.7 Å². The third kappa shape index (κ3) is 9.43. The molecular weight excluding hydrogens is 751 g/mol. The largest absolute Gasteiger partial charge is 0.467 e. The summed E-state index contributed by atoms with van der Waals surface area (Å²) in [4.78, 5) is 30.8. The van der Waals surface area contributed by atoms with Crippen LogP contribution >= 0.6 is 11.6 Å². The van der Waals surface area contributed by atoms with E-state index in [9.17, 15) is 22.4 Å². The summed E-state index contributed by atoms with van der Waals surface area (Å²) in [7, 11) is 4.15. The van der Waals surface area contributed by atoms with Crippen molar-refractivity contribution in [2.75, 3.05) is 51.5 Å². The molecule has 0 aliphatic carbocycles. The molecule has 0 saturated carbocycles. The smallest absolute Gasteiger partial charge is 0.417 e. The van der Waals surface area contributed by atoms with Crippen LogP contribution in [0.3, 0.4) is 0 Å². The monoisotopic (exact) mass is 802 g/mol. The van der Waals surface area contributed by atoms with Crippen LogP contribution in [0, 0.1) is 12.7 Å². The predicted octanol–water partition coefficient (Wildman–Crippen LogP) is 7.49. The third-order valence-corrected chi connectivity index (χ3v) is 10.2. The minimum atomic E-state index is -4.83. The Morgan fingerprint density at radius 2 is 1.82 bits per heavy atom. The van der Waals surface area contributed by atoms with Gasteiger partial charge in [0.25, 0.3) is 5.91 Å². The molecule has 12 nitrogen and oxygen atoms in total. The van der Waals surface area contributed by atoms with Crippen molar-refractivity contribution in [1.29, 1.82) is 0 Å². The number of nitrogen functional groups attached to an aromatic ring is 1. The van der Waals surface area contributed by atoms with Crippen LogP contribution in [-0.2, 0) is 41.9 Å². The lowest BCUT2D eigenvalue weighted by Gasteiger charge is -2.32. The van der Waals surface area contributed by atoms with E-state index in [2.05, 4.69) is 20.0 Å². The number of nitrogens with zero attached hydrogens (tertiary/aromatic N) is 7. The van der Waals surface area contributed by atoms with Gasteiger partial charge in [-0.3, -0.25) is 19.2 Å². The summed E-state index contributed by atoms with van der Waals surface area (Å²) >= 11 is 6.61. The van der Waals surface area contributed by atoms with E-state index in [0.717, 1.165) is 24.1 Å². The number of alkyl halides is 4. The zero-order chi connectivity index (χ0) is 40.8. The van der Waals surface area contributed by atoms with Gasteiger partial charge in [-0.1, -0.05) is 39.3 Å². The highest BCUT2D eigenvalue weighted by Gasteiger charge is 2.42. The van der Waals surface area contributed by atoms with Gasteiger partial charge >= 0.3 is 12.2 Å². The number of anilines is 2. The molecule has 2 fully saturated rings. The van der Waals surface area contributed by atoms with Crippen molar-refractivity contribution in [3.05, 3.63) is 56.2 Å². The highest BCUT2D eigenvalue weighted by atomic mass is 35.5. The number of methoxy groups -OCH3 is 1. The number of aryl methyl sites for hydroxylation is 2. The molecule has 3 unspecified atom stereocenters. The molecule has 3 aromatic rings. The van der Waals surface area contributed by atoms with Crippen molar-refractivity contribution in [3.63, 3.8) is 0 Å². The molecule has 2 aromatic heterocycles. The van der Waals surface area contributed by atoms with E-state index in [1.807, 2.05) is 32.6 Å². The molecular formula is C37H52ClF5N8O4. The van der Waals surface area contributed by atoms with Crippen LogP contribution < -0.4 is 15.4 Å². The van der Waals surface area contributed by atoms with E-state index >= 15 is 4.39 Å². The molecule has 2 N–H and O–H groups in total. The van der Waals surface area contributed by atoms with Gasteiger partial charge in [0.2, 0.25) is 0 Å². The van der Waals surface area contributed by atoms with Crippen LogP contribution in [0.25, 0.3) is 0 Å². The number of halogens is 6. The Kier molecular flexibility index (Phi) is 15.1. The Balaban J connectivity index is 0.000000440. The van der Waals surface area contributed by atoms with Gasteiger partial charge in [-0.05, 0) is 50.8 Å². The van der Waals surface area contributed by atoms with E-state index in [1.165, 1.54) is 41.0 Å². The Bertz CT molecular complexity index is 1780. The summed E-state index contributed by atoms with van der Waals surface area (Å²) in [6.45, 7) is 12.0. The van der Waals surface area contributed by atoms with Crippen molar-refractivity contribution >= 4 is 29.0 Å². The minimum Gasteiger partial charge on any atom is -0.467 e. The predicted molar refractivity (Wildman–Crippen MR) is 199 cm³/mol. The number of carbonyl (C=O) groups excluding carboxylic acids is 1. The topological polar surface area (TPSA) is 124 Å². The van der Waals surface area contributed by atoms with E-state index in [-0.39, 0.29) is 41.9 Å². The summed E-state index contributed by atoms with van der Waals surface area (Å²) in [6.07, 6.45) is -2.91. The van der Waals surface area contributed by atoms with Gasteiger partial charge in [-0.2, -0.15) is 28.2 Å². The van der Waals surface area contributed by atoms with Crippen LogP contribution in [0.5, 0.6) is 6.01 Å². The lowest BCUT2D eigenvalue weighted by Crippen LogP contribution is -2.29. The second-order valence-corrected chi connectivity index (χ2v) is 13.4. The molecule has 6 heterocycles. The maximum atomic E-state index is 15.2. The quantitative estimate of drug-likeness (QED) is 0.158. The number of carbonyl (C=O) groups is 1. The summed E-state index contributed by atoms with van der Waals surface area (Å²) in [5, 5.41) is 5.56. The van der Waals surface area contributed by atoms with E-state index in [1.54, 1.807) is 4.68 Å². The second-order valence-electron chi connectivity index (χ2n) is 13.1. The van der Waals surface area contributed by atoms with Gasteiger partial charge in [-0.15, -0.1) is 0 Å². The van der Waals surface area contributed by atoms with Gasteiger partial charge in [0.1, 0.15) is 12.0 Å². The van der Waals surface area contributed by atoms with Crippen LogP contribution in [0.4, 0.5) is 33.5 Å². The van der Waals surface area contributed by atoms with Crippen LogP contribution in [0.1, 0.15) is 104 Å². The van der Waals surface area contributed by atoms with Gasteiger partial charge in [-0.25, -0.2) is 13.8 Å². The molecule has 4 aliphatic rings. The number of benzene rings is 1. The van der Waals surface area contributed by atoms with Crippen molar-refractivity contribution in [2.24, 2.45) is 0 Å². The zero-order valence-electron chi connectivity index (χ0n) is 32.7. The number of ether oxygens (including phenoxy) is 2. The highest BCUT2D eigenvalue weighted by Crippen LogP contribution is 2.44. The lowest BCUT2D eigenvalue weighted by atomic mass is 9.91. The Hall–Kier alpha value is -3.80. The number of fused-ring (bicyclic) bond motifs is 3. The fourth-order valence-corrected chi connectivity index (χ4v) is 7.63. The number of hydrogen-bond donors (Lipinski definition) is 1. The molecule has 0 radical (unpaired) electrons. The number of rotatable bonds is 5. The fourth-order valence-electron chi connectivity index (χ4n) is 7.35. The van der Waals surface area contributed by atoms with Gasteiger partial charge in [0.05, 0.1) is 61.1 Å². The normalized spacial score (nSPS) is 20.3. The Morgan fingerprint density at radius 3 is 2.45 bits per heavy atom. The molecule has 18 heteroatoms. The average molecular weight is 803 g/mol. The summed E-state index contributed by atoms with van der Waals surface area (Å²) in [5.41, 5.74) is 4.78. The number of aromatic nitrogens is 4. The number of hydroxylamine groups is 2. The van der Waals surface area contributed by atoms with Crippen molar-refractivity contribution < 1.29 is 41.1 Å². The molecule has 4 aliphatic heterocycles. The molecule has 7 rings (SSSR count). The molecule has 3 atom stereocenters. The van der Waals surface area contributed by atoms with Gasteiger partial charge < -0.3 is 20.1 Å². The molecule has 0 spiro atoms. The number of amides is 1. The van der Waals surface area contributed by atoms with E-state index in [0.29, 0.717) is 54.9 Å². The molecule has 55 heavy (non-hydrogen) atoms. The minimum absolute atomic E-state index is 0.0221. The summed E-state index contributed by atoms with van der Waals surface area (Å²) < 4.78 is 82.7. The first kappa shape index (κ1) is 43.9. The van der Waals surface area contributed by atoms with Crippen molar-refractivity contribution in [3.8, 4) is 6.01 Å². The Morgan fingerprint density at radius 1 is 1.11 bits per heavy atom.